The summed E-state index contributed by atoms with van der Waals surface area (Å²) in [5, 5.41) is 7.30. The molecule has 0 atom stereocenters. The van der Waals surface area contributed by atoms with E-state index in [-0.39, 0.29) is 16.2 Å². The van der Waals surface area contributed by atoms with E-state index in [1.54, 1.807) is 18.5 Å². The van der Waals surface area contributed by atoms with Crippen molar-refractivity contribution in [3.63, 3.8) is 0 Å². The van der Waals surface area contributed by atoms with Crippen LogP contribution in [0.1, 0.15) is 11.1 Å². The lowest BCUT2D eigenvalue weighted by molar-refractivity contribution is 0.560. The van der Waals surface area contributed by atoms with Crippen molar-refractivity contribution in [2.24, 2.45) is 7.05 Å². The van der Waals surface area contributed by atoms with Crippen molar-refractivity contribution in [3.8, 4) is 0 Å². The average Bonchev–Trinajstić information content (AvgIpc) is 2.69. The number of sulfonamides is 1. The molecule has 0 spiro atoms. The predicted octanol–water partition coefficient (Wildman–Crippen LogP) is 0.760. The van der Waals surface area contributed by atoms with Gasteiger partial charge in [0, 0.05) is 26.0 Å². The zero-order valence-corrected chi connectivity index (χ0v) is 12.7. The van der Waals surface area contributed by atoms with Gasteiger partial charge in [-0.1, -0.05) is 5.21 Å². The Morgan fingerprint density at radius 1 is 1.47 bits per heavy atom. The number of pyridine rings is 1. The van der Waals surface area contributed by atoms with Gasteiger partial charge in [0.15, 0.2) is 4.60 Å². The quantitative estimate of drug-likeness (QED) is 0.883. The largest absolute Gasteiger partial charge is 0.264 e. The Morgan fingerprint density at radius 3 is 2.79 bits per heavy atom. The highest BCUT2D eigenvalue weighted by molar-refractivity contribution is 9.10. The molecule has 19 heavy (non-hydrogen) atoms. The van der Waals surface area contributed by atoms with Crippen LogP contribution in [-0.4, -0.2) is 28.4 Å². The molecule has 0 aliphatic rings. The van der Waals surface area contributed by atoms with E-state index in [9.17, 15) is 8.42 Å². The third-order valence-electron chi connectivity index (χ3n) is 2.58. The molecule has 2 heterocycles. The van der Waals surface area contributed by atoms with Gasteiger partial charge in [0.25, 0.3) is 10.0 Å². The van der Waals surface area contributed by atoms with Gasteiger partial charge in [-0.25, -0.2) is 17.8 Å². The van der Waals surface area contributed by atoms with Crippen LogP contribution in [0, 0.1) is 6.92 Å². The first-order valence-corrected chi connectivity index (χ1v) is 7.64. The maximum atomic E-state index is 12.2. The molecule has 0 saturated carbocycles. The van der Waals surface area contributed by atoms with Crippen molar-refractivity contribution in [1.29, 1.82) is 0 Å². The van der Waals surface area contributed by atoms with Crippen molar-refractivity contribution in [3.05, 3.63) is 34.2 Å². The lowest BCUT2D eigenvalue weighted by Gasteiger charge is -2.08. The highest BCUT2D eigenvalue weighted by atomic mass is 79.9. The van der Waals surface area contributed by atoms with Gasteiger partial charge in [0.2, 0.25) is 5.03 Å². The Kier molecular flexibility index (Phi) is 3.97. The van der Waals surface area contributed by atoms with E-state index in [0.29, 0.717) is 0 Å². The molecule has 0 saturated heterocycles. The van der Waals surface area contributed by atoms with Crippen LogP contribution < -0.4 is 4.72 Å². The molecule has 1 N–H and O–H groups in total. The third kappa shape index (κ3) is 2.99. The summed E-state index contributed by atoms with van der Waals surface area (Å²) in [5.74, 6) is 0. The minimum Gasteiger partial charge on any atom is -0.264 e. The monoisotopic (exact) mass is 345 g/mol. The number of hydrogen-bond acceptors (Lipinski definition) is 5. The molecule has 0 aliphatic heterocycles. The number of nitrogens with zero attached hydrogens (tertiary/aromatic N) is 4. The smallest absolute Gasteiger partial charge is 0.260 e. The fourth-order valence-electron chi connectivity index (χ4n) is 1.55. The number of halogens is 1. The molecule has 0 aliphatic carbocycles. The van der Waals surface area contributed by atoms with Crippen molar-refractivity contribution >= 4 is 26.0 Å². The molecular formula is C10H12BrN5O2S. The first-order valence-electron chi connectivity index (χ1n) is 5.36. The average molecular weight is 346 g/mol. The van der Waals surface area contributed by atoms with Crippen molar-refractivity contribution in [1.82, 2.24) is 24.7 Å². The summed E-state index contributed by atoms with van der Waals surface area (Å²) in [6.45, 7) is 2.06. The van der Waals surface area contributed by atoms with Crippen LogP contribution in [0.4, 0.5) is 0 Å². The number of rotatable bonds is 4. The van der Waals surface area contributed by atoms with Crippen LogP contribution in [0.5, 0.6) is 0 Å². The van der Waals surface area contributed by atoms with Gasteiger partial charge in [0.1, 0.15) is 0 Å². The standard InChI is InChI=1S/C10H12BrN5O2S/c1-7-5-12-4-3-8(7)6-13-19(17,18)10-9(11)14-15-16(10)2/h3-5,13H,6H2,1-2H3. The summed E-state index contributed by atoms with van der Waals surface area (Å²) in [6.07, 6.45) is 3.31. The summed E-state index contributed by atoms with van der Waals surface area (Å²) in [6, 6.07) is 1.77. The Balaban J connectivity index is 2.22. The normalized spacial score (nSPS) is 11.7. The fourth-order valence-corrected chi connectivity index (χ4v) is 3.65. The van der Waals surface area contributed by atoms with Crippen LogP contribution >= 0.6 is 15.9 Å². The van der Waals surface area contributed by atoms with Gasteiger partial charge in [-0.3, -0.25) is 4.98 Å². The maximum absolute atomic E-state index is 12.2. The van der Waals surface area contributed by atoms with Gasteiger partial charge >= 0.3 is 0 Å². The first kappa shape index (κ1) is 14.1. The summed E-state index contributed by atoms with van der Waals surface area (Å²) >= 11 is 3.07. The number of aromatic nitrogens is 4. The highest BCUT2D eigenvalue weighted by Gasteiger charge is 2.23. The molecule has 2 rings (SSSR count). The fraction of sp³-hybridized carbons (Fsp3) is 0.300. The molecule has 2 aromatic rings. The zero-order valence-electron chi connectivity index (χ0n) is 10.3. The number of hydrogen-bond donors (Lipinski definition) is 1. The molecular weight excluding hydrogens is 334 g/mol. The topological polar surface area (TPSA) is 89.8 Å². The van der Waals surface area contributed by atoms with Crippen molar-refractivity contribution in [2.75, 3.05) is 0 Å². The minimum atomic E-state index is -3.67. The molecule has 0 amide bonds. The van der Waals surface area contributed by atoms with Crippen molar-refractivity contribution in [2.45, 2.75) is 18.5 Å². The third-order valence-corrected chi connectivity index (χ3v) is 4.87. The number of nitrogens with one attached hydrogen (secondary N) is 1. The summed E-state index contributed by atoms with van der Waals surface area (Å²) in [5.41, 5.74) is 1.79. The molecule has 2 aromatic heterocycles. The maximum Gasteiger partial charge on any atom is 0.260 e. The molecule has 0 bridgehead atoms. The second kappa shape index (κ2) is 5.35. The van der Waals surface area contributed by atoms with E-state index in [1.807, 2.05) is 6.92 Å². The zero-order chi connectivity index (χ0) is 14.0. The van der Waals surface area contributed by atoms with E-state index in [0.717, 1.165) is 11.1 Å². The molecule has 0 fully saturated rings. The van der Waals surface area contributed by atoms with Crippen LogP contribution in [0.2, 0.25) is 0 Å². The van der Waals surface area contributed by atoms with E-state index in [1.165, 1.54) is 11.7 Å². The van der Waals surface area contributed by atoms with Crippen LogP contribution in [0.15, 0.2) is 28.1 Å². The Morgan fingerprint density at radius 2 is 2.21 bits per heavy atom. The van der Waals surface area contributed by atoms with Gasteiger partial charge in [-0.05, 0) is 40.0 Å². The highest BCUT2D eigenvalue weighted by Crippen LogP contribution is 2.18. The molecule has 7 nitrogen and oxygen atoms in total. The van der Waals surface area contributed by atoms with Gasteiger partial charge < -0.3 is 0 Å². The van der Waals surface area contributed by atoms with E-state index >= 15 is 0 Å². The van der Waals surface area contributed by atoms with E-state index in [2.05, 4.69) is 35.9 Å². The van der Waals surface area contributed by atoms with Gasteiger partial charge in [0.05, 0.1) is 0 Å². The second-order valence-corrected chi connectivity index (χ2v) is 6.37. The summed E-state index contributed by atoms with van der Waals surface area (Å²) < 4.78 is 28.2. The number of aryl methyl sites for hydroxylation is 2. The van der Waals surface area contributed by atoms with Gasteiger partial charge in [-0.2, -0.15) is 0 Å². The molecule has 0 radical (unpaired) electrons. The van der Waals surface area contributed by atoms with E-state index in [4.69, 9.17) is 0 Å². The van der Waals surface area contributed by atoms with Crippen LogP contribution in [0.3, 0.4) is 0 Å². The Bertz CT molecular complexity index is 678. The van der Waals surface area contributed by atoms with Crippen LogP contribution in [-0.2, 0) is 23.6 Å². The second-order valence-electron chi connectivity index (χ2n) is 3.94. The van der Waals surface area contributed by atoms with E-state index < -0.39 is 10.0 Å². The van der Waals surface area contributed by atoms with Crippen molar-refractivity contribution < 1.29 is 8.42 Å². The Hall–Kier alpha value is -1.32. The molecule has 0 aromatic carbocycles. The molecule has 102 valence electrons. The SMILES string of the molecule is Cc1cnccc1CNS(=O)(=O)c1c(Br)nnn1C. The Labute approximate surface area is 119 Å². The molecule has 0 unspecified atom stereocenters. The lowest BCUT2D eigenvalue weighted by atomic mass is 10.2. The molecule has 9 heteroatoms. The summed E-state index contributed by atoms with van der Waals surface area (Å²) in [7, 11) is -2.15. The minimum absolute atomic E-state index is 0.000732. The first-order chi connectivity index (χ1) is 8.92. The lowest BCUT2D eigenvalue weighted by Crippen LogP contribution is -2.26. The van der Waals surface area contributed by atoms with Gasteiger partial charge in [-0.15, -0.1) is 5.10 Å². The predicted molar refractivity (Wildman–Crippen MR) is 71.7 cm³/mol. The van der Waals surface area contributed by atoms with Crippen LogP contribution in [0.25, 0.3) is 0 Å². The summed E-state index contributed by atoms with van der Waals surface area (Å²) in [4.78, 5) is 3.96.